The van der Waals surface area contributed by atoms with Crippen LogP contribution < -0.4 is 5.32 Å². The van der Waals surface area contributed by atoms with E-state index in [0.29, 0.717) is 24.7 Å². The molecule has 1 rings (SSSR count). The second-order valence-corrected chi connectivity index (χ2v) is 6.06. The molecule has 1 unspecified atom stereocenters. The summed E-state index contributed by atoms with van der Waals surface area (Å²) in [7, 11) is 0. The van der Waals surface area contributed by atoms with Crippen molar-refractivity contribution in [1.82, 2.24) is 5.32 Å². The number of carboxylic acids is 1. The first-order valence-electron chi connectivity index (χ1n) is 7.56. The summed E-state index contributed by atoms with van der Waals surface area (Å²) >= 11 is 0. The summed E-state index contributed by atoms with van der Waals surface area (Å²) < 4.78 is 5.28. The number of rotatable bonds is 8. The normalized spacial score (nSPS) is 17.9. The second kappa shape index (κ2) is 8.95. The molecule has 0 saturated carbocycles. The van der Waals surface area contributed by atoms with Gasteiger partial charge in [0.15, 0.2) is 0 Å². The van der Waals surface area contributed by atoms with Crippen LogP contribution >= 0.6 is 0 Å². The summed E-state index contributed by atoms with van der Waals surface area (Å²) in [5, 5.41) is 11.9. The molecule has 1 aliphatic rings. The molecule has 5 nitrogen and oxygen atoms in total. The summed E-state index contributed by atoms with van der Waals surface area (Å²) in [6.45, 7) is 5.80. The van der Waals surface area contributed by atoms with E-state index < -0.39 is 11.9 Å². The molecule has 116 valence electrons. The van der Waals surface area contributed by atoms with Crippen LogP contribution in [0.1, 0.15) is 46.0 Å². The van der Waals surface area contributed by atoms with Gasteiger partial charge in [-0.1, -0.05) is 13.8 Å². The van der Waals surface area contributed by atoms with Gasteiger partial charge in [0, 0.05) is 26.2 Å². The van der Waals surface area contributed by atoms with Crippen LogP contribution in [0.3, 0.4) is 0 Å². The molecule has 0 aliphatic carbocycles. The van der Waals surface area contributed by atoms with Crippen molar-refractivity contribution in [3.63, 3.8) is 0 Å². The molecule has 1 saturated heterocycles. The van der Waals surface area contributed by atoms with E-state index in [0.717, 1.165) is 32.5 Å². The van der Waals surface area contributed by atoms with E-state index in [1.54, 1.807) is 0 Å². The first-order valence-corrected chi connectivity index (χ1v) is 7.56. The van der Waals surface area contributed by atoms with Gasteiger partial charge in [0.2, 0.25) is 5.91 Å². The third-order valence-corrected chi connectivity index (χ3v) is 3.77. The number of carbonyl (C=O) groups excluding carboxylic acids is 1. The van der Waals surface area contributed by atoms with Gasteiger partial charge in [0.1, 0.15) is 0 Å². The van der Waals surface area contributed by atoms with E-state index in [4.69, 9.17) is 9.84 Å². The molecule has 1 heterocycles. The first-order chi connectivity index (χ1) is 9.49. The molecule has 0 bridgehead atoms. The SMILES string of the molecule is CC(C)CC(CNC(=O)CCC1CCOCC1)C(=O)O. The Kier molecular flexibility index (Phi) is 7.59. The highest BCUT2D eigenvalue weighted by atomic mass is 16.5. The fourth-order valence-electron chi connectivity index (χ4n) is 2.54. The quantitative estimate of drug-likeness (QED) is 0.715. The Morgan fingerprint density at radius 1 is 1.30 bits per heavy atom. The van der Waals surface area contributed by atoms with Crippen LogP contribution in [-0.4, -0.2) is 36.7 Å². The predicted octanol–water partition coefficient (Wildman–Crippen LogP) is 2.06. The van der Waals surface area contributed by atoms with Crippen molar-refractivity contribution >= 4 is 11.9 Å². The zero-order valence-electron chi connectivity index (χ0n) is 12.6. The maximum atomic E-state index is 11.8. The van der Waals surface area contributed by atoms with Gasteiger partial charge in [0.05, 0.1) is 5.92 Å². The second-order valence-electron chi connectivity index (χ2n) is 6.06. The van der Waals surface area contributed by atoms with Crippen molar-refractivity contribution in [2.24, 2.45) is 17.8 Å². The van der Waals surface area contributed by atoms with Crippen LogP contribution in [0.2, 0.25) is 0 Å². The summed E-state index contributed by atoms with van der Waals surface area (Å²) in [5.41, 5.74) is 0. The van der Waals surface area contributed by atoms with E-state index >= 15 is 0 Å². The van der Waals surface area contributed by atoms with Gasteiger partial charge in [-0.2, -0.15) is 0 Å². The molecule has 1 aliphatic heterocycles. The molecule has 0 aromatic carbocycles. The lowest BCUT2D eigenvalue weighted by atomic mass is 9.94. The Balaban J connectivity index is 2.21. The molecule has 2 N–H and O–H groups in total. The zero-order chi connectivity index (χ0) is 15.0. The molecular formula is C15H27NO4. The van der Waals surface area contributed by atoms with Gasteiger partial charge >= 0.3 is 5.97 Å². The lowest BCUT2D eigenvalue weighted by molar-refractivity contribution is -0.142. The highest BCUT2D eigenvalue weighted by Gasteiger charge is 2.20. The molecule has 1 fully saturated rings. The van der Waals surface area contributed by atoms with Gasteiger partial charge < -0.3 is 15.2 Å². The standard InChI is InChI=1S/C15H27NO4/c1-11(2)9-13(15(18)19)10-16-14(17)4-3-12-5-7-20-8-6-12/h11-13H,3-10H2,1-2H3,(H,16,17)(H,18,19). The van der Waals surface area contributed by atoms with Gasteiger partial charge in [0.25, 0.3) is 0 Å². The van der Waals surface area contributed by atoms with Gasteiger partial charge in [-0.25, -0.2) is 0 Å². The maximum absolute atomic E-state index is 11.8. The summed E-state index contributed by atoms with van der Waals surface area (Å²) in [6, 6.07) is 0. The fourth-order valence-corrected chi connectivity index (χ4v) is 2.54. The predicted molar refractivity (Wildman–Crippen MR) is 76.4 cm³/mol. The van der Waals surface area contributed by atoms with Crippen LogP contribution in [0, 0.1) is 17.8 Å². The highest BCUT2D eigenvalue weighted by molar-refractivity contribution is 5.77. The first kappa shape index (κ1) is 17.0. The van der Waals surface area contributed by atoms with Crippen LogP contribution in [0.25, 0.3) is 0 Å². The van der Waals surface area contributed by atoms with E-state index in [2.05, 4.69) is 5.32 Å². The lowest BCUT2D eigenvalue weighted by Crippen LogP contribution is -2.34. The van der Waals surface area contributed by atoms with E-state index in [1.807, 2.05) is 13.8 Å². The maximum Gasteiger partial charge on any atom is 0.308 e. The van der Waals surface area contributed by atoms with Crippen molar-refractivity contribution in [3.05, 3.63) is 0 Å². The van der Waals surface area contributed by atoms with E-state index in [-0.39, 0.29) is 12.5 Å². The monoisotopic (exact) mass is 285 g/mol. The topological polar surface area (TPSA) is 75.6 Å². The van der Waals surface area contributed by atoms with Gasteiger partial charge in [-0.05, 0) is 37.5 Å². The van der Waals surface area contributed by atoms with Gasteiger partial charge in [-0.3, -0.25) is 9.59 Å². The number of hydrogen-bond donors (Lipinski definition) is 2. The zero-order valence-corrected chi connectivity index (χ0v) is 12.6. The Hall–Kier alpha value is -1.10. The highest BCUT2D eigenvalue weighted by Crippen LogP contribution is 2.19. The number of ether oxygens (including phenoxy) is 1. The Labute approximate surface area is 121 Å². The van der Waals surface area contributed by atoms with Crippen LogP contribution in [0.4, 0.5) is 0 Å². The molecule has 0 aromatic rings. The minimum absolute atomic E-state index is 0.0357. The Morgan fingerprint density at radius 3 is 2.50 bits per heavy atom. The Morgan fingerprint density at radius 2 is 1.95 bits per heavy atom. The third-order valence-electron chi connectivity index (χ3n) is 3.77. The molecule has 0 spiro atoms. The van der Waals surface area contributed by atoms with E-state index in [9.17, 15) is 9.59 Å². The van der Waals surface area contributed by atoms with Crippen molar-refractivity contribution < 1.29 is 19.4 Å². The average molecular weight is 285 g/mol. The smallest absolute Gasteiger partial charge is 0.308 e. The third kappa shape index (κ3) is 6.89. The molecule has 0 radical (unpaired) electrons. The lowest BCUT2D eigenvalue weighted by Gasteiger charge is -2.21. The summed E-state index contributed by atoms with van der Waals surface area (Å²) in [5.74, 6) is -0.465. The minimum atomic E-state index is -0.830. The summed E-state index contributed by atoms with van der Waals surface area (Å²) in [4.78, 5) is 22.9. The number of carboxylic acid groups (broad SMARTS) is 1. The number of carbonyl (C=O) groups is 2. The largest absolute Gasteiger partial charge is 0.481 e. The number of hydrogen-bond acceptors (Lipinski definition) is 3. The summed E-state index contributed by atoms with van der Waals surface area (Å²) in [6.07, 6.45) is 4.00. The molecule has 1 amide bonds. The van der Waals surface area contributed by atoms with Gasteiger partial charge in [-0.15, -0.1) is 0 Å². The number of nitrogens with one attached hydrogen (secondary N) is 1. The van der Waals surface area contributed by atoms with Crippen LogP contribution in [0.5, 0.6) is 0 Å². The fraction of sp³-hybridized carbons (Fsp3) is 0.867. The van der Waals surface area contributed by atoms with Crippen LogP contribution in [0.15, 0.2) is 0 Å². The van der Waals surface area contributed by atoms with Crippen molar-refractivity contribution in [3.8, 4) is 0 Å². The van der Waals surface area contributed by atoms with Crippen molar-refractivity contribution in [2.75, 3.05) is 19.8 Å². The Bertz CT molecular complexity index is 311. The molecule has 20 heavy (non-hydrogen) atoms. The van der Waals surface area contributed by atoms with E-state index in [1.165, 1.54) is 0 Å². The number of amides is 1. The average Bonchev–Trinajstić information content (AvgIpc) is 2.41. The molecule has 0 aromatic heterocycles. The molecule has 1 atom stereocenters. The van der Waals surface area contributed by atoms with Crippen LogP contribution in [-0.2, 0) is 14.3 Å². The molecular weight excluding hydrogens is 258 g/mol. The van der Waals surface area contributed by atoms with Crippen molar-refractivity contribution in [1.29, 1.82) is 0 Å². The van der Waals surface area contributed by atoms with Crippen molar-refractivity contribution in [2.45, 2.75) is 46.0 Å². The number of aliphatic carboxylic acids is 1. The molecule has 5 heteroatoms. The minimum Gasteiger partial charge on any atom is -0.481 e.